The molecule has 0 saturated carbocycles. The third-order valence-corrected chi connectivity index (χ3v) is 5.28. The fourth-order valence-electron chi connectivity index (χ4n) is 1.65. The van der Waals surface area contributed by atoms with E-state index in [2.05, 4.69) is 4.72 Å². The molecule has 112 valence electrons. The summed E-state index contributed by atoms with van der Waals surface area (Å²) in [5.41, 5.74) is 5.49. The van der Waals surface area contributed by atoms with Crippen molar-refractivity contribution in [2.75, 3.05) is 10.5 Å². The SMILES string of the molecule is Cc1cc(F)cc(NS(=O)(=O)c2cc([N+](=O)[O-])c(N)s2)c1. The molecule has 10 heteroatoms. The minimum Gasteiger partial charge on any atom is -0.385 e. The van der Waals surface area contributed by atoms with Crippen LogP contribution in [0.2, 0.25) is 0 Å². The number of nitro groups is 1. The number of hydrogen-bond acceptors (Lipinski definition) is 6. The summed E-state index contributed by atoms with van der Waals surface area (Å²) in [5.74, 6) is -0.593. The number of nitrogens with one attached hydrogen (secondary N) is 1. The van der Waals surface area contributed by atoms with Gasteiger partial charge in [0.2, 0.25) is 0 Å². The number of thiophene rings is 1. The first-order valence-electron chi connectivity index (χ1n) is 5.53. The maximum Gasteiger partial charge on any atom is 0.304 e. The molecule has 0 saturated heterocycles. The van der Waals surface area contributed by atoms with E-state index in [4.69, 9.17) is 5.73 Å². The molecule has 1 aromatic carbocycles. The van der Waals surface area contributed by atoms with Crippen LogP contribution in [-0.2, 0) is 10.0 Å². The fraction of sp³-hybridized carbons (Fsp3) is 0.0909. The monoisotopic (exact) mass is 331 g/mol. The number of nitrogens with two attached hydrogens (primary N) is 1. The second-order valence-corrected chi connectivity index (χ2v) is 7.19. The summed E-state index contributed by atoms with van der Waals surface area (Å²) in [6.07, 6.45) is 0. The zero-order chi connectivity index (χ0) is 15.8. The average molecular weight is 331 g/mol. The number of benzene rings is 1. The average Bonchev–Trinajstić information content (AvgIpc) is 2.70. The van der Waals surface area contributed by atoms with Gasteiger partial charge in [0.15, 0.2) is 5.00 Å². The highest BCUT2D eigenvalue weighted by Crippen LogP contribution is 2.35. The predicted molar refractivity (Wildman–Crippen MR) is 77.3 cm³/mol. The number of sulfonamides is 1. The quantitative estimate of drug-likeness (QED) is 0.659. The lowest BCUT2D eigenvalue weighted by molar-refractivity contribution is -0.383. The van der Waals surface area contributed by atoms with Crippen molar-refractivity contribution in [1.82, 2.24) is 0 Å². The topological polar surface area (TPSA) is 115 Å². The van der Waals surface area contributed by atoms with Gasteiger partial charge in [-0.1, -0.05) is 11.3 Å². The Kier molecular flexibility index (Phi) is 3.83. The minimum absolute atomic E-state index is 0.0297. The Labute approximate surface area is 123 Å². The lowest BCUT2D eigenvalue weighted by atomic mass is 10.2. The highest BCUT2D eigenvalue weighted by atomic mass is 32.2. The maximum absolute atomic E-state index is 13.2. The number of hydrogen-bond donors (Lipinski definition) is 2. The van der Waals surface area contributed by atoms with E-state index >= 15 is 0 Å². The number of nitrogens with zero attached hydrogens (tertiary/aromatic N) is 1. The van der Waals surface area contributed by atoms with Gasteiger partial charge in [0.1, 0.15) is 10.0 Å². The van der Waals surface area contributed by atoms with Gasteiger partial charge >= 0.3 is 5.69 Å². The van der Waals surface area contributed by atoms with Crippen LogP contribution in [0.5, 0.6) is 0 Å². The Bertz CT molecular complexity index is 797. The van der Waals surface area contributed by atoms with Gasteiger partial charge in [0.25, 0.3) is 10.0 Å². The molecule has 0 bridgehead atoms. The Morgan fingerprint density at radius 3 is 2.52 bits per heavy atom. The molecule has 0 unspecified atom stereocenters. The lowest BCUT2D eigenvalue weighted by Gasteiger charge is -2.07. The second-order valence-electron chi connectivity index (χ2n) is 4.19. The summed E-state index contributed by atoms with van der Waals surface area (Å²) < 4.78 is 39.3. The molecule has 2 rings (SSSR count). The van der Waals surface area contributed by atoms with E-state index in [1.165, 1.54) is 12.1 Å². The van der Waals surface area contributed by atoms with Crippen molar-refractivity contribution < 1.29 is 17.7 Å². The van der Waals surface area contributed by atoms with Gasteiger partial charge in [-0.15, -0.1) is 0 Å². The summed E-state index contributed by atoms with van der Waals surface area (Å²) in [6.45, 7) is 1.61. The minimum atomic E-state index is -4.06. The van der Waals surface area contributed by atoms with E-state index in [0.29, 0.717) is 16.9 Å². The van der Waals surface area contributed by atoms with Crippen molar-refractivity contribution in [3.63, 3.8) is 0 Å². The number of rotatable bonds is 4. The summed E-state index contributed by atoms with van der Waals surface area (Å²) in [6, 6.07) is 4.56. The molecule has 3 N–H and O–H groups in total. The Hall–Kier alpha value is -2.20. The molecular formula is C11H10FN3O4S2. The molecular weight excluding hydrogens is 321 g/mol. The Balaban J connectivity index is 2.38. The number of nitrogen functional groups attached to an aromatic ring is 1. The first kappa shape index (κ1) is 15.2. The molecule has 0 radical (unpaired) electrons. The van der Waals surface area contributed by atoms with Crippen LogP contribution in [0.25, 0.3) is 0 Å². The van der Waals surface area contributed by atoms with E-state index in [0.717, 1.165) is 12.1 Å². The van der Waals surface area contributed by atoms with Crippen molar-refractivity contribution >= 4 is 37.7 Å². The molecule has 0 aliphatic rings. The molecule has 0 aliphatic heterocycles. The molecule has 0 amide bonds. The van der Waals surface area contributed by atoms with Crippen LogP contribution in [0.1, 0.15) is 5.56 Å². The van der Waals surface area contributed by atoms with Gasteiger partial charge in [-0.05, 0) is 30.7 Å². The number of anilines is 2. The van der Waals surface area contributed by atoms with E-state index < -0.39 is 26.5 Å². The highest BCUT2D eigenvalue weighted by molar-refractivity contribution is 7.94. The number of aryl methyl sites for hydroxylation is 1. The third-order valence-electron chi connectivity index (χ3n) is 2.47. The standard InChI is InChI=1S/C11H10FN3O4S2/c1-6-2-7(12)4-8(3-6)14-21(18,19)10-5-9(15(16)17)11(13)20-10/h2-5,14H,13H2,1H3. The van der Waals surface area contributed by atoms with Crippen LogP contribution in [0.15, 0.2) is 28.5 Å². The van der Waals surface area contributed by atoms with Crippen LogP contribution < -0.4 is 10.5 Å². The van der Waals surface area contributed by atoms with Gasteiger partial charge in [-0.2, -0.15) is 0 Å². The zero-order valence-corrected chi connectivity index (χ0v) is 12.3. The summed E-state index contributed by atoms with van der Waals surface area (Å²) in [5, 5.41) is 10.5. The van der Waals surface area contributed by atoms with Gasteiger partial charge in [0, 0.05) is 6.07 Å². The van der Waals surface area contributed by atoms with Crippen molar-refractivity contribution in [2.45, 2.75) is 11.1 Å². The molecule has 0 atom stereocenters. The zero-order valence-electron chi connectivity index (χ0n) is 10.7. The van der Waals surface area contributed by atoms with Crippen molar-refractivity contribution in [2.24, 2.45) is 0 Å². The van der Waals surface area contributed by atoms with Gasteiger partial charge in [0.05, 0.1) is 10.6 Å². The van der Waals surface area contributed by atoms with Crippen molar-refractivity contribution in [3.8, 4) is 0 Å². The molecule has 0 spiro atoms. The highest BCUT2D eigenvalue weighted by Gasteiger charge is 2.25. The first-order valence-corrected chi connectivity index (χ1v) is 7.83. The van der Waals surface area contributed by atoms with Crippen LogP contribution >= 0.6 is 11.3 Å². The smallest absolute Gasteiger partial charge is 0.304 e. The Morgan fingerprint density at radius 2 is 2.00 bits per heavy atom. The summed E-state index contributed by atoms with van der Waals surface area (Å²) in [7, 11) is -4.06. The molecule has 7 nitrogen and oxygen atoms in total. The van der Waals surface area contributed by atoms with Gasteiger partial charge < -0.3 is 5.73 Å². The van der Waals surface area contributed by atoms with Crippen molar-refractivity contribution in [3.05, 3.63) is 45.8 Å². The third kappa shape index (κ3) is 3.28. The fourth-order valence-corrected chi connectivity index (χ4v) is 3.90. The van der Waals surface area contributed by atoms with E-state index in [1.807, 2.05) is 0 Å². The summed E-state index contributed by atoms with van der Waals surface area (Å²) >= 11 is 0.569. The normalized spacial score (nSPS) is 11.3. The van der Waals surface area contributed by atoms with Crippen LogP contribution in [-0.4, -0.2) is 13.3 Å². The molecule has 1 heterocycles. The molecule has 2 aromatic rings. The van der Waals surface area contributed by atoms with E-state index in [1.54, 1.807) is 6.92 Å². The second kappa shape index (κ2) is 5.30. The van der Waals surface area contributed by atoms with Crippen LogP contribution in [0, 0.1) is 22.9 Å². The Morgan fingerprint density at radius 1 is 1.33 bits per heavy atom. The molecule has 1 aromatic heterocycles. The van der Waals surface area contributed by atoms with E-state index in [9.17, 15) is 22.9 Å². The first-order chi connectivity index (χ1) is 9.69. The molecule has 0 fully saturated rings. The summed E-state index contributed by atoms with van der Waals surface area (Å²) in [4.78, 5) is 9.91. The van der Waals surface area contributed by atoms with Crippen molar-refractivity contribution in [1.29, 1.82) is 0 Å². The molecule has 0 aliphatic carbocycles. The van der Waals surface area contributed by atoms with Gasteiger partial charge in [-0.25, -0.2) is 12.8 Å². The van der Waals surface area contributed by atoms with Gasteiger partial charge in [-0.3, -0.25) is 14.8 Å². The van der Waals surface area contributed by atoms with Crippen LogP contribution in [0.4, 0.5) is 20.8 Å². The predicted octanol–water partition coefficient (Wildman–Crippen LogP) is 2.49. The largest absolute Gasteiger partial charge is 0.385 e. The lowest BCUT2D eigenvalue weighted by Crippen LogP contribution is -2.11. The van der Waals surface area contributed by atoms with E-state index in [-0.39, 0.29) is 14.9 Å². The number of halogens is 1. The maximum atomic E-state index is 13.2. The molecule has 21 heavy (non-hydrogen) atoms. The van der Waals surface area contributed by atoms with Crippen LogP contribution in [0.3, 0.4) is 0 Å².